The summed E-state index contributed by atoms with van der Waals surface area (Å²) in [5.74, 6) is -0.348. The molecule has 1 amide bonds. The van der Waals surface area contributed by atoms with Crippen LogP contribution in [-0.2, 0) is 14.8 Å². The normalized spacial score (nSPS) is 15.8. The van der Waals surface area contributed by atoms with Crippen molar-refractivity contribution in [3.63, 3.8) is 0 Å². The van der Waals surface area contributed by atoms with Gasteiger partial charge in [-0.2, -0.15) is 4.31 Å². The Morgan fingerprint density at radius 3 is 2.48 bits per heavy atom. The molecular formula is C19H20Cl2N2O5S. The fourth-order valence-electron chi connectivity index (χ4n) is 3.18. The molecule has 1 heterocycles. The highest BCUT2D eigenvalue weighted by molar-refractivity contribution is 7.89. The Bertz CT molecular complexity index is 1020. The highest BCUT2D eigenvalue weighted by Crippen LogP contribution is 2.32. The molecule has 0 unspecified atom stereocenters. The van der Waals surface area contributed by atoms with Crippen LogP contribution in [0.15, 0.2) is 41.3 Å². The van der Waals surface area contributed by atoms with Gasteiger partial charge in [-0.3, -0.25) is 4.79 Å². The van der Waals surface area contributed by atoms with Crippen LogP contribution in [0.3, 0.4) is 0 Å². The van der Waals surface area contributed by atoms with Crippen molar-refractivity contribution in [2.24, 2.45) is 5.92 Å². The average Bonchev–Trinajstić information content (AvgIpc) is 2.70. The number of anilines is 1. The van der Waals surface area contributed by atoms with Gasteiger partial charge in [-0.25, -0.2) is 8.42 Å². The van der Waals surface area contributed by atoms with Crippen LogP contribution in [0.25, 0.3) is 0 Å². The van der Waals surface area contributed by atoms with Crippen LogP contribution in [0, 0.1) is 5.92 Å². The molecule has 10 heteroatoms. The Balaban J connectivity index is 1.64. The van der Waals surface area contributed by atoms with E-state index >= 15 is 0 Å². The summed E-state index contributed by atoms with van der Waals surface area (Å²) in [6, 6.07) is 8.87. The molecule has 1 aliphatic heterocycles. The number of carbonyl (C=O) groups excluding carboxylic acids is 1. The van der Waals surface area contributed by atoms with Crippen LogP contribution in [0.2, 0.25) is 10.0 Å². The zero-order valence-corrected chi connectivity index (χ0v) is 17.9. The Morgan fingerprint density at radius 1 is 1.17 bits per heavy atom. The minimum atomic E-state index is -3.80. The summed E-state index contributed by atoms with van der Waals surface area (Å²) in [7, 11) is -2.36. The summed E-state index contributed by atoms with van der Waals surface area (Å²) in [4.78, 5) is 12.5. The monoisotopic (exact) mass is 458 g/mol. The van der Waals surface area contributed by atoms with Gasteiger partial charge in [0, 0.05) is 35.8 Å². The average molecular weight is 459 g/mol. The minimum Gasteiger partial charge on any atom is -0.504 e. The summed E-state index contributed by atoms with van der Waals surface area (Å²) in [5, 5.41) is 13.0. The second-order valence-corrected chi connectivity index (χ2v) is 9.38. The zero-order valence-electron chi connectivity index (χ0n) is 15.6. The number of nitrogens with zero attached hydrogens (tertiary/aromatic N) is 1. The molecule has 0 aromatic heterocycles. The van der Waals surface area contributed by atoms with E-state index in [2.05, 4.69) is 5.32 Å². The van der Waals surface area contributed by atoms with Gasteiger partial charge in [0.25, 0.3) is 0 Å². The SMILES string of the molecule is COc1ccc(NC(=O)C2CCN(S(=O)(=O)c3cc(Cl)ccc3Cl)CC2)cc1O. The summed E-state index contributed by atoms with van der Waals surface area (Å²) < 4.78 is 32.0. The molecule has 0 saturated carbocycles. The van der Waals surface area contributed by atoms with Crippen molar-refractivity contribution < 1.29 is 23.1 Å². The number of methoxy groups -OCH3 is 1. The number of rotatable bonds is 5. The molecule has 2 N–H and O–H groups in total. The van der Waals surface area contributed by atoms with E-state index in [1.165, 1.54) is 35.7 Å². The van der Waals surface area contributed by atoms with Crippen LogP contribution >= 0.6 is 23.2 Å². The van der Waals surface area contributed by atoms with E-state index in [4.69, 9.17) is 27.9 Å². The third kappa shape index (κ3) is 4.78. The van der Waals surface area contributed by atoms with Crippen molar-refractivity contribution in [1.82, 2.24) is 4.31 Å². The molecule has 0 bridgehead atoms. The topological polar surface area (TPSA) is 95.9 Å². The lowest BCUT2D eigenvalue weighted by Crippen LogP contribution is -2.41. The summed E-state index contributed by atoms with van der Waals surface area (Å²) in [6.07, 6.45) is 0.733. The zero-order chi connectivity index (χ0) is 21.2. The number of piperidine rings is 1. The molecule has 1 aliphatic rings. The van der Waals surface area contributed by atoms with Crippen molar-refractivity contribution in [2.75, 3.05) is 25.5 Å². The Morgan fingerprint density at radius 2 is 1.86 bits per heavy atom. The minimum absolute atomic E-state index is 0.0386. The maximum absolute atomic E-state index is 12.9. The molecule has 0 aliphatic carbocycles. The number of hydrogen-bond donors (Lipinski definition) is 2. The number of amides is 1. The predicted octanol–water partition coefficient (Wildman–Crippen LogP) is 3.75. The second-order valence-electron chi connectivity index (χ2n) is 6.63. The molecule has 1 saturated heterocycles. The maximum atomic E-state index is 12.9. The number of benzene rings is 2. The first-order chi connectivity index (χ1) is 13.7. The lowest BCUT2D eigenvalue weighted by Gasteiger charge is -2.30. The Labute approximate surface area is 179 Å². The lowest BCUT2D eigenvalue weighted by atomic mass is 9.97. The van der Waals surface area contributed by atoms with Crippen molar-refractivity contribution in [3.05, 3.63) is 46.4 Å². The Kier molecular flexibility index (Phi) is 6.58. The first kappa shape index (κ1) is 21.7. The van der Waals surface area contributed by atoms with Crippen LogP contribution in [0.5, 0.6) is 11.5 Å². The quantitative estimate of drug-likeness (QED) is 0.710. The summed E-state index contributed by atoms with van der Waals surface area (Å²) >= 11 is 12.0. The van der Waals surface area contributed by atoms with Crippen LogP contribution in [0.1, 0.15) is 12.8 Å². The molecule has 7 nitrogen and oxygen atoms in total. The van der Waals surface area contributed by atoms with E-state index in [0.717, 1.165) is 0 Å². The van der Waals surface area contributed by atoms with E-state index in [0.29, 0.717) is 24.3 Å². The molecule has 2 aromatic carbocycles. The highest BCUT2D eigenvalue weighted by atomic mass is 35.5. The fourth-order valence-corrected chi connectivity index (χ4v) is 5.39. The molecular weight excluding hydrogens is 439 g/mol. The molecule has 2 aromatic rings. The number of phenols is 1. The van der Waals surface area contributed by atoms with Gasteiger partial charge in [0.2, 0.25) is 15.9 Å². The number of ether oxygens (including phenoxy) is 1. The van der Waals surface area contributed by atoms with Gasteiger partial charge >= 0.3 is 0 Å². The number of aromatic hydroxyl groups is 1. The van der Waals surface area contributed by atoms with Gasteiger partial charge in [-0.05, 0) is 43.2 Å². The van der Waals surface area contributed by atoms with Crippen LogP contribution in [-0.4, -0.2) is 43.9 Å². The van der Waals surface area contributed by atoms with E-state index in [-0.39, 0.29) is 45.6 Å². The molecule has 0 spiro atoms. The number of phenolic OH excluding ortho intramolecular Hbond substituents is 1. The van der Waals surface area contributed by atoms with Crippen LogP contribution < -0.4 is 10.1 Å². The second kappa shape index (κ2) is 8.79. The van der Waals surface area contributed by atoms with Gasteiger partial charge < -0.3 is 15.2 Å². The van der Waals surface area contributed by atoms with Crippen molar-refractivity contribution >= 4 is 44.8 Å². The fraction of sp³-hybridized carbons (Fsp3) is 0.316. The van der Waals surface area contributed by atoms with Gasteiger partial charge in [-0.15, -0.1) is 0 Å². The molecule has 1 fully saturated rings. The smallest absolute Gasteiger partial charge is 0.244 e. The lowest BCUT2D eigenvalue weighted by molar-refractivity contribution is -0.120. The summed E-state index contributed by atoms with van der Waals surface area (Å²) in [6.45, 7) is 0.383. The number of carbonyl (C=O) groups is 1. The van der Waals surface area contributed by atoms with Gasteiger partial charge in [-0.1, -0.05) is 23.2 Å². The highest BCUT2D eigenvalue weighted by Gasteiger charge is 2.33. The van der Waals surface area contributed by atoms with E-state index in [9.17, 15) is 18.3 Å². The Hall–Kier alpha value is -2.00. The first-order valence-electron chi connectivity index (χ1n) is 8.85. The van der Waals surface area contributed by atoms with E-state index in [1.54, 1.807) is 12.1 Å². The first-order valence-corrected chi connectivity index (χ1v) is 11.0. The number of halogens is 2. The van der Waals surface area contributed by atoms with Crippen molar-refractivity contribution in [2.45, 2.75) is 17.7 Å². The number of nitrogens with one attached hydrogen (secondary N) is 1. The molecule has 3 rings (SSSR count). The standard InChI is InChI=1S/C19H20Cl2N2O5S/c1-28-17-5-3-14(11-16(17)24)22-19(25)12-6-8-23(9-7-12)29(26,27)18-10-13(20)2-4-15(18)21/h2-5,10-12,24H,6-9H2,1H3,(H,22,25). The largest absolute Gasteiger partial charge is 0.504 e. The van der Waals surface area contributed by atoms with Gasteiger partial charge in [0.15, 0.2) is 11.5 Å². The predicted molar refractivity (Wildman–Crippen MR) is 111 cm³/mol. The van der Waals surface area contributed by atoms with Crippen LogP contribution in [0.4, 0.5) is 5.69 Å². The van der Waals surface area contributed by atoms with Crippen molar-refractivity contribution in [1.29, 1.82) is 0 Å². The third-order valence-corrected chi connectivity index (χ3v) is 7.40. The maximum Gasteiger partial charge on any atom is 0.244 e. The molecule has 156 valence electrons. The van der Waals surface area contributed by atoms with Gasteiger partial charge in [0.05, 0.1) is 12.1 Å². The van der Waals surface area contributed by atoms with Gasteiger partial charge in [0.1, 0.15) is 4.90 Å². The molecule has 0 atom stereocenters. The van der Waals surface area contributed by atoms with E-state index < -0.39 is 10.0 Å². The number of sulfonamides is 1. The summed E-state index contributed by atoms with van der Waals surface area (Å²) in [5.41, 5.74) is 0.439. The van der Waals surface area contributed by atoms with E-state index in [1.807, 2.05) is 0 Å². The molecule has 29 heavy (non-hydrogen) atoms. The molecule has 0 radical (unpaired) electrons. The third-order valence-electron chi connectivity index (χ3n) is 4.78. The number of hydrogen-bond acceptors (Lipinski definition) is 5. The van der Waals surface area contributed by atoms with Crippen molar-refractivity contribution in [3.8, 4) is 11.5 Å².